The molecule has 0 saturated carbocycles. The third kappa shape index (κ3) is 15.1. The van der Waals surface area contributed by atoms with E-state index < -0.39 is 18.0 Å². The Morgan fingerprint density at radius 1 is 0.930 bits per heavy atom. The SMILES string of the molecule is CCN.CN=C(NOC=S)[C@H](Cc1ccc(OCCN)c(-c2cc(C(C)N(C)C(=O)CNC(=O)c3ccc(C)cc3C)ccc2OCCN)c1)NC(=O)CNC=O. The number of amidine groups is 1. The lowest BCUT2D eigenvalue weighted by Crippen LogP contribution is -2.50. The molecule has 0 fully saturated rings. The number of likely N-dealkylation sites (N-methyl/N-ethyl adjacent to an activating group) is 1. The monoisotopic (exact) mass is 807 g/mol. The van der Waals surface area contributed by atoms with Crippen LogP contribution in [-0.4, -0.2) is 106 Å². The summed E-state index contributed by atoms with van der Waals surface area (Å²) in [4.78, 5) is 60.6. The molecule has 0 radical (unpaired) electrons. The maximum Gasteiger partial charge on any atom is 0.251 e. The zero-order valence-corrected chi connectivity index (χ0v) is 34.4. The van der Waals surface area contributed by atoms with E-state index >= 15 is 0 Å². The Balaban J connectivity index is 0.00000362. The second-order valence-electron chi connectivity index (χ2n) is 12.7. The Kier molecular flexibility index (Phi) is 21.3. The zero-order chi connectivity index (χ0) is 42.3. The van der Waals surface area contributed by atoms with Gasteiger partial charge in [-0.2, -0.15) is 0 Å². The highest BCUT2D eigenvalue weighted by Gasteiger charge is 2.24. The van der Waals surface area contributed by atoms with Gasteiger partial charge in [0.15, 0.2) is 11.4 Å². The molecular weight excluding hydrogens is 751 g/mol. The molecule has 17 heteroatoms. The highest BCUT2D eigenvalue weighted by molar-refractivity contribution is 7.78. The molecule has 1 unspecified atom stereocenters. The summed E-state index contributed by atoms with van der Waals surface area (Å²) >= 11 is 4.77. The van der Waals surface area contributed by atoms with Crippen LogP contribution < -0.4 is 48.1 Å². The number of hydrogen-bond donors (Lipinski definition) is 7. The Hall–Kier alpha value is -5.62. The fourth-order valence-electron chi connectivity index (χ4n) is 5.59. The maximum absolute atomic E-state index is 13.4. The van der Waals surface area contributed by atoms with Crippen LogP contribution in [0.2, 0.25) is 0 Å². The van der Waals surface area contributed by atoms with Crippen molar-refractivity contribution < 1.29 is 33.5 Å². The quantitative estimate of drug-likeness (QED) is 0.0269. The number of amides is 4. The van der Waals surface area contributed by atoms with Crippen LogP contribution in [0.25, 0.3) is 11.1 Å². The number of hydroxylamine groups is 1. The molecule has 4 amide bonds. The number of nitrogens with two attached hydrogens (primary N) is 3. The standard InChI is InChI=1S/C38H50N8O7S.C2H7N/c1-24-6-9-29(25(2)16-24)38(50)43-21-36(49)46(5)26(3)28-8-11-34(52-15-13-40)31(19-28)30-17-27(7-10-33(30)51-14-12-39)18-32(37(41-4)45-53-23-54)44-35(48)20-42-22-47;1-2-3/h6-11,16-17,19,22-23,26,32H,12-15,18,20-21,39-40H2,1-5H3,(H,41,45)(H,42,47)(H,43,50)(H,44,48);2-3H2,1H3/t26?,32-;/m0./s1. The van der Waals surface area contributed by atoms with Gasteiger partial charge >= 0.3 is 0 Å². The molecule has 0 saturated heterocycles. The smallest absolute Gasteiger partial charge is 0.251 e. The first-order valence-electron chi connectivity index (χ1n) is 18.4. The zero-order valence-electron chi connectivity index (χ0n) is 33.6. The molecule has 3 aromatic rings. The van der Waals surface area contributed by atoms with Gasteiger partial charge in [0.1, 0.15) is 24.7 Å². The van der Waals surface area contributed by atoms with Crippen molar-refractivity contribution in [1.82, 2.24) is 26.3 Å². The van der Waals surface area contributed by atoms with Gasteiger partial charge in [-0.25, -0.2) is 5.48 Å². The summed E-state index contributed by atoms with van der Waals surface area (Å²) < 4.78 is 12.2. The highest BCUT2D eigenvalue weighted by Crippen LogP contribution is 2.39. The van der Waals surface area contributed by atoms with E-state index in [0.29, 0.717) is 34.6 Å². The Bertz CT molecular complexity index is 1830. The Labute approximate surface area is 340 Å². The lowest BCUT2D eigenvalue weighted by atomic mass is 9.94. The minimum absolute atomic E-state index is 0.188. The van der Waals surface area contributed by atoms with Crippen molar-refractivity contribution in [3.05, 3.63) is 82.4 Å². The van der Waals surface area contributed by atoms with E-state index in [1.54, 1.807) is 24.1 Å². The third-order valence-corrected chi connectivity index (χ3v) is 8.57. The molecule has 0 aromatic heterocycles. The van der Waals surface area contributed by atoms with Crippen molar-refractivity contribution in [1.29, 1.82) is 0 Å². The number of aryl methyl sites for hydroxylation is 2. The first-order chi connectivity index (χ1) is 27.4. The molecule has 3 aromatic carbocycles. The van der Waals surface area contributed by atoms with Gasteiger partial charge in [0.05, 0.1) is 25.2 Å². The molecule has 310 valence electrons. The predicted octanol–water partition coefficient (Wildman–Crippen LogP) is 1.84. The number of carbonyl (C=O) groups is 4. The normalized spacial score (nSPS) is 11.8. The maximum atomic E-state index is 13.4. The number of ether oxygens (including phenoxy) is 2. The van der Waals surface area contributed by atoms with E-state index in [1.807, 2.05) is 70.2 Å². The van der Waals surface area contributed by atoms with Crippen LogP contribution in [0, 0.1) is 13.8 Å². The first kappa shape index (κ1) is 47.5. The van der Waals surface area contributed by atoms with Gasteiger partial charge in [-0.05, 0) is 93.0 Å². The van der Waals surface area contributed by atoms with E-state index in [9.17, 15) is 19.2 Å². The molecule has 0 heterocycles. The minimum Gasteiger partial charge on any atom is -0.492 e. The van der Waals surface area contributed by atoms with Crippen LogP contribution in [0.5, 0.6) is 11.5 Å². The van der Waals surface area contributed by atoms with E-state index in [0.717, 1.165) is 34.4 Å². The lowest BCUT2D eigenvalue weighted by molar-refractivity contribution is -0.130. The van der Waals surface area contributed by atoms with E-state index in [-0.39, 0.29) is 63.5 Å². The van der Waals surface area contributed by atoms with Gasteiger partial charge < -0.3 is 52.4 Å². The van der Waals surface area contributed by atoms with Gasteiger partial charge in [-0.15, -0.1) is 0 Å². The topological polar surface area (TPSA) is 238 Å². The van der Waals surface area contributed by atoms with Crippen LogP contribution in [0.4, 0.5) is 0 Å². The van der Waals surface area contributed by atoms with Gasteiger partial charge in [0, 0.05) is 43.9 Å². The average molecular weight is 808 g/mol. The number of carbonyl (C=O) groups excluding carboxylic acids is 4. The van der Waals surface area contributed by atoms with Crippen molar-refractivity contribution in [2.75, 3.05) is 60.0 Å². The number of nitrogens with one attached hydrogen (secondary N) is 4. The van der Waals surface area contributed by atoms with Crippen LogP contribution in [0.3, 0.4) is 0 Å². The van der Waals surface area contributed by atoms with Crippen molar-refractivity contribution in [3.63, 3.8) is 0 Å². The van der Waals surface area contributed by atoms with Crippen LogP contribution in [-0.2, 0) is 25.6 Å². The molecule has 57 heavy (non-hydrogen) atoms. The Morgan fingerprint density at radius 2 is 1.56 bits per heavy atom. The third-order valence-electron chi connectivity index (χ3n) is 8.48. The van der Waals surface area contributed by atoms with E-state index in [1.165, 1.54) is 7.05 Å². The number of benzene rings is 3. The molecule has 3 rings (SSSR count). The number of rotatable bonds is 21. The predicted molar refractivity (Wildman–Crippen MR) is 226 cm³/mol. The van der Waals surface area contributed by atoms with Crippen LogP contribution in [0.1, 0.15) is 52.5 Å². The largest absolute Gasteiger partial charge is 0.492 e. The summed E-state index contributed by atoms with van der Waals surface area (Å²) in [5.41, 5.74) is 25.4. The summed E-state index contributed by atoms with van der Waals surface area (Å²) in [7, 11) is 3.21. The van der Waals surface area contributed by atoms with E-state index in [4.69, 9.17) is 43.7 Å². The summed E-state index contributed by atoms with van der Waals surface area (Å²) in [6.07, 6.45) is 0.666. The summed E-state index contributed by atoms with van der Waals surface area (Å²) in [6, 6.07) is 15.5. The molecule has 16 nitrogen and oxygen atoms in total. The molecule has 0 bridgehead atoms. The molecule has 0 aliphatic heterocycles. The second kappa shape index (κ2) is 25.5. The van der Waals surface area contributed by atoms with Gasteiger partial charge in [-0.1, -0.05) is 36.8 Å². The fourth-order valence-corrected chi connectivity index (χ4v) is 5.64. The second-order valence-corrected chi connectivity index (χ2v) is 12.9. The molecule has 2 atom stereocenters. The van der Waals surface area contributed by atoms with Crippen LogP contribution >= 0.6 is 12.2 Å². The van der Waals surface area contributed by atoms with E-state index in [2.05, 4.69) is 26.4 Å². The summed E-state index contributed by atoms with van der Waals surface area (Å²) in [5, 5.41) is 7.95. The van der Waals surface area contributed by atoms with Gasteiger partial charge in [0.25, 0.3) is 5.91 Å². The number of thiocarbonyl (C=S) groups is 1. The van der Waals surface area contributed by atoms with Gasteiger partial charge in [0.2, 0.25) is 18.2 Å². The Morgan fingerprint density at radius 3 is 2.14 bits per heavy atom. The highest BCUT2D eigenvalue weighted by atomic mass is 32.1. The number of hydrogen-bond acceptors (Lipinski definition) is 12. The minimum atomic E-state index is -0.719. The molecule has 10 N–H and O–H groups in total. The number of nitrogens with zero attached hydrogens (tertiary/aromatic N) is 2. The molecule has 0 spiro atoms. The van der Waals surface area contributed by atoms with Crippen LogP contribution in [0.15, 0.2) is 59.6 Å². The first-order valence-corrected chi connectivity index (χ1v) is 18.9. The molecule has 0 aliphatic carbocycles. The van der Waals surface area contributed by atoms with Crippen molar-refractivity contribution in [2.45, 2.75) is 46.2 Å². The fraction of sp³-hybridized carbons (Fsp3) is 0.400. The summed E-state index contributed by atoms with van der Waals surface area (Å²) in [5.74, 6) is 0.263. The van der Waals surface area contributed by atoms with Crippen molar-refractivity contribution >= 4 is 47.7 Å². The van der Waals surface area contributed by atoms with Gasteiger partial charge in [-0.3, -0.25) is 24.2 Å². The summed E-state index contributed by atoms with van der Waals surface area (Å²) in [6.45, 7) is 8.94. The average Bonchev–Trinajstić information content (AvgIpc) is 3.20. The van der Waals surface area contributed by atoms with Crippen molar-refractivity contribution in [3.8, 4) is 22.6 Å². The molecule has 0 aliphatic rings. The number of aliphatic imine (C=N–C) groups is 1. The lowest BCUT2D eigenvalue weighted by Gasteiger charge is -2.27. The van der Waals surface area contributed by atoms with Crippen molar-refractivity contribution in [2.24, 2.45) is 22.2 Å². The molecular formula is C40H57N9O7S.